The van der Waals surface area contributed by atoms with Gasteiger partial charge < -0.3 is 15.3 Å². The number of nitrogens with one attached hydrogen (secondary N) is 1. The maximum Gasteiger partial charge on any atom is 0.321 e. The van der Waals surface area contributed by atoms with E-state index in [0.29, 0.717) is 17.8 Å². The molecule has 0 radical (unpaired) electrons. The zero-order valence-corrected chi connectivity index (χ0v) is 12.7. The summed E-state index contributed by atoms with van der Waals surface area (Å²) in [6, 6.07) is 4.11. The maximum absolute atomic E-state index is 12.1. The van der Waals surface area contributed by atoms with Gasteiger partial charge in [0.05, 0.1) is 17.1 Å². The third-order valence-electron chi connectivity index (χ3n) is 2.90. The van der Waals surface area contributed by atoms with Crippen molar-refractivity contribution < 1.29 is 14.8 Å². The molecule has 0 saturated heterocycles. The van der Waals surface area contributed by atoms with Crippen LogP contribution in [-0.2, 0) is 0 Å². The highest BCUT2D eigenvalue weighted by Crippen LogP contribution is 2.22. The molecular weight excluding hydrogens is 274 g/mol. The average Bonchev–Trinajstić information content (AvgIpc) is 2.36. The van der Waals surface area contributed by atoms with Crippen molar-refractivity contribution in [3.63, 3.8) is 0 Å². The number of hydrogen-bond donors (Lipinski definition) is 2. The van der Waals surface area contributed by atoms with Gasteiger partial charge in [0.2, 0.25) is 0 Å². The average molecular weight is 295 g/mol. The number of aryl methyl sites for hydroxylation is 1. The van der Waals surface area contributed by atoms with Gasteiger partial charge in [-0.25, -0.2) is 4.79 Å². The number of likely N-dealkylation sites (N-methyl/N-ethyl adjacent to an activating group) is 1. The standard InChI is InChI=1S/C14H21N3O4/c1-5-16(9-14(3,4)19)13(18)15-11-7-6-10(2)12(8-11)17(20)21/h6-8,19H,5,9H2,1-4H3,(H,15,18). The van der Waals surface area contributed by atoms with Crippen LogP contribution >= 0.6 is 0 Å². The van der Waals surface area contributed by atoms with Crippen LogP contribution in [-0.4, -0.2) is 39.7 Å². The first-order chi connectivity index (χ1) is 9.64. The van der Waals surface area contributed by atoms with Crippen molar-refractivity contribution in [3.05, 3.63) is 33.9 Å². The molecule has 7 nitrogen and oxygen atoms in total. The van der Waals surface area contributed by atoms with Gasteiger partial charge in [-0.2, -0.15) is 0 Å². The van der Waals surface area contributed by atoms with Gasteiger partial charge in [0.1, 0.15) is 0 Å². The van der Waals surface area contributed by atoms with Crippen LogP contribution in [0.2, 0.25) is 0 Å². The molecule has 0 atom stereocenters. The molecule has 0 spiro atoms. The Kier molecular flexibility index (Phi) is 5.26. The molecule has 1 aromatic carbocycles. The van der Waals surface area contributed by atoms with E-state index in [1.165, 1.54) is 11.0 Å². The molecule has 1 aromatic rings. The largest absolute Gasteiger partial charge is 0.389 e. The molecule has 7 heteroatoms. The Bertz CT molecular complexity index is 538. The highest BCUT2D eigenvalue weighted by atomic mass is 16.6. The lowest BCUT2D eigenvalue weighted by atomic mass is 10.1. The molecule has 0 aromatic heterocycles. The van der Waals surface area contributed by atoms with Gasteiger partial charge in [0.25, 0.3) is 5.69 Å². The van der Waals surface area contributed by atoms with Crippen LogP contribution < -0.4 is 5.32 Å². The summed E-state index contributed by atoms with van der Waals surface area (Å²) in [6.07, 6.45) is 0. The van der Waals surface area contributed by atoms with Crippen molar-refractivity contribution in [1.82, 2.24) is 4.90 Å². The number of hydrogen-bond acceptors (Lipinski definition) is 4. The highest BCUT2D eigenvalue weighted by molar-refractivity contribution is 5.89. The van der Waals surface area contributed by atoms with Crippen molar-refractivity contribution in [2.45, 2.75) is 33.3 Å². The van der Waals surface area contributed by atoms with Crippen LogP contribution in [0.3, 0.4) is 0 Å². The van der Waals surface area contributed by atoms with Crippen molar-refractivity contribution in [2.75, 3.05) is 18.4 Å². The van der Waals surface area contributed by atoms with Crippen LogP contribution in [0.15, 0.2) is 18.2 Å². The van der Waals surface area contributed by atoms with Crippen molar-refractivity contribution in [3.8, 4) is 0 Å². The second-order valence-corrected chi connectivity index (χ2v) is 5.52. The van der Waals surface area contributed by atoms with E-state index in [-0.39, 0.29) is 12.2 Å². The van der Waals surface area contributed by atoms with Crippen molar-refractivity contribution in [2.24, 2.45) is 0 Å². The normalized spacial score (nSPS) is 11.1. The monoisotopic (exact) mass is 295 g/mol. The second kappa shape index (κ2) is 6.53. The van der Waals surface area contributed by atoms with Crippen LogP contribution in [0, 0.1) is 17.0 Å². The number of rotatable bonds is 5. The molecule has 0 unspecified atom stereocenters. The fourth-order valence-corrected chi connectivity index (χ4v) is 1.88. The van der Waals surface area contributed by atoms with Crippen LogP contribution in [0.25, 0.3) is 0 Å². The Hall–Kier alpha value is -2.15. The first-order valence-corrected chi connectivity index (χ1v) is 6.67. The SMILES string of the molecule is CCN(CC(C)(C)O)C(=O)Nc1ccc(C)c([N+](=O)[O-])c1. The van der Waals surface area contributed by atoms with Gasteiger partial charge in [-0.15, -0.1) is 0 Å². The molecule has 116 valence electrons. The zero-order valence-electron chi connectivity index (χ0n) is 12.7. The smallest absolute Gasteiger partial charge is 0.321 e. The fraction of sp³-hybridized carbons (Fsp3) is 0.500. The lowest BCUT2D eigenvalue weighted by Gasteiger charge is -2.28. The summed E-state index contributed by atoms with van der Waals surface area (Å²) >= 11 is 0. The summed E-state index contributed by atoms with van der Waals surface area (Å²) in [5, 5.41) is 23.3. The number of carbonyl (C=O) groups excluding carboxylic acids is 1. The van der Waals surface area contributed by atoms with Crippen molar-refractivity contribution >= 4 is 17.4 Å². The summed E-state index contributed by atoms with van der Waals surface area (Å²) in [4.78, 5) is 24.0. The van der Waals surface area contributed by atoms with Gasteiger partial charge in [0, 0.05) is 23.9 Å². The quantitative estimate of drug-likeness (QED) is 0.644. The number of urea groups is 1. The number of amides is 2. The molecule has 0 heterocycles. The molecule has 0 saturated carbocycles. The number of nitro groups is 1. The molecule has 2 amide bonds. The zero-order chi connectivity index (χ0) is 16.2. The maximum atomic E-state index is 12.1. The number of carbonyl (C=O) groups is 1. The van der Waals surface area contributed by atoms with Gasteiger partial charge in [0.15, 0.2) is 0 Å². The van der Waals surface area contributed by atoms with E-state index in [2.05, 4.69) is 5.32 Å². The molecule has 0 bridgehead atoms. The molecular formula is C14H21N3O4. The third kappa shape index (κ3) is 5.03. The molecule has 1 rings (SSSR count). The lowest BCUT2D eigenvalue weighted by molar-refractivity contribution is -0.385. The Morgan fingerprint density at radius 1 is 1.48 bits per heavy atom. The fourth-order valence-electron chi connectivity index (χ4n) is 1.88. The van der Waals surface area contributed by atoms with Gasteiger partial charge in [-0.05, 0) is 33.8 Å². The Labute approximate surface area is 123 Å². The second-order valence-electron chi connectivity index (χ2n) is 5.52. The lowest BCUT2D eigenvalue weighted by Crippen LogP contribution is -2.44. The minimum atomic E-state index is -1.01. The first kappa shape index (κ1) is 16.9. The van der Waals surface area contributed by atoms with E-state index in [1.807, 2.05) is 0 Å². The van der Waals surface area contributed by atoms with E-state index in [9.17, 15) is 20.0 Å². The van der Waals surface area contributed by atoms with E-state index in [4.69, 9.17) is 0 Å². The van der Waals surface area contributed by atoms with Gasteiger partial charge in [-0.3, -0.25) is 10.1 Å². The van der Waals surface area contributed by atoms with Crippen LogP contribution in [0.1, 0.15) is 26.3 Å². The summed E-state index contributed by atoms with van der Waals surface area (Å²) in [5.74, 6) is 0. The minimum Gasteiger partial charge on any atom is -0.389 e. The molecule has 0 aliphatic rings. The predicted molar refractivity (Wildman–Crippen MR) is 80.4 cm³/mol. The number of benzene rings is 1. The number of nitro benzene ring substituents is 1. The van der Waals surface area contributed by atoms with E-state index < -0.39 is 16.6 Å². The molecule has 2 N–H and O–H groups in total. The first-order valence-electron chi connectivity index (χ1n) is 6.67. The number of nitrogens with zero attached hydrogens (tertiary/aromatic N) is 2. The summed E-state index contributed by atoms with van der Waals surface area (Å²) in [5.41, 5.74) is -0.168. The summed E-state index contributed by atoms with van der Waals surface area (Å²) < 4.78 is 0. The Morgan fingerprint density at radius 3 is 2.57 bits per heavy atom. The van der Waals surface area contributed by atoms with Crippen LogP contribution in [0.5, 0.6) is 0 Å². The molecule has 0 fully saturated rings. The predicted octanol–water partition coefficient (Wildman–Crippen LogP) is 2.53. The number of aliphatic hydroxyl groups is 1. The van der Waals surface area contributed by atoms with E-state index >= 15 is 0 Å². The summed E-state index contributed by atoms with van der Waals surface area (Å²) in [7, 11) is 0. The van der Waals surface area contributed by atoms with Gasteiger partial charge in [-0.1, -0.05) is 6.07 Å². The third-order valence-corrected chi connectivity index (χ3v) is 2.90. The Balaban J connectivity index is 2.87. The number of anilines is 1. The van der Waals surface area contributed by atoms with Crippen LogP contribution in [0.4, 0.5) is 16.2 Å². The van der Waals surface area contributed by atoms with Gasteiger partial charge >= 0.3 is 6.03 Å². The van der Waals surface area contributed by atoms with E-state index in [0.717, 1.165) is 0 Å². The molecule has 21 heavy (non-hydrogen) atoms. The molecule has 0 aliphatic carbocycles. The highest BCUT2D eigenvalue weighted by Gasteiger charge is 2.22. The summed E-state index contributed by atoms with van der Waals surface area (Å²) in [6.45, 7) is 7.24. The molecule has 0 aliphatic heterocycles. The van der Waals surface area contributed by atoms with Crippen molar-refractivity contribution in [1.29, 1.82) is 0 Å². The van der Waals surface area contributed by atoms with E-state index in [1.54, 1.807) is 39.8 Å². The Morgan fingerprint density at radius 2 is 2.10 bits per heavy atom. The minimum absolute atomic E-state index is 0.0432. The topological polar surface area (TPSA) is 95.7 Å².